The summed E-state index contributed by atoms with van der Waals surface area (Å²) in [5.74, 6) is -0.359. The summed E-state index contributed by atoms with van der Waals surface area (Å²) in [6.45, 7) is 8.90. The lowest BCUT2D eigenvalue weighted by atomic mass is 10.1. The molecule has 2 aromatic rings. The van der Waals surface area contributed by atoms with Crippen molar-refractivity contribution in [3.05, 3.63) is 44.9 Å². The van der Waals surface area contributed by atoms with Crippen molar-refractivity contribution in [3.63, 3.8) is 0 Å². The Morgan fingerprint density at radius 2 is 2.04 bits per heavy atom. The second-order valence-corrected chi connectivity index (χ2v) is 7.92. The smallest absolute Gasteiger partial charge is 0.227 e. The van der Waals surface area contributed by atoms with Crippen LogP contribution in [0.25, 0.3) is 0 Å². The molecular weight excluding hydrogens is 334 g/mol. The Balaban J connectivity index is 1.64. The summed E-state index contributed by atoms with van der Waals surface area (Å²) in [5, 5.41) is 3.96. The van der Waals surface area contributed by atoms with E-state index in [-0.39, 0.29) is 24.2 Å². The first-order valence-electron chi connectivity index (χ1n) is 8.43. The molecule has 1 atom stereocenters. The van der Waals surface area contributed by atoms with Gasteiger partial charge in [-0.2, -0.15) is 0 Å². The molecule has 0 saturated carbocycles. The zero-order valence-electron chi connectivity index (χ0n) is 15.0. The zero-order valence-corrected chi connectivity index (χ0v) is 15.9. The molecular formula is C19H23N3O2S. The third-order valence-electron chi connectivity index (χ3n) is 4.72. The van der Waals surface area contributed by atoms with Crippen molar-refractivity contribution in [2.45, 2.75) is 40.7 Å². The maximum Gasteiger partial charge on any atom is 0.227 e. The van der Waals surface area contributed by atoms with Gasteiger partial charge in [-0.3, -0.25) is 9.59 Å². The fraction of sp³-hybridized carbons (Fsp3) is 0.421. The first kappa shape index (κ1) is 17.6. The second kappa shape index (κ2) is 6.96. The number of nitrogens with zero attached hydrogens (tertiary/aromatic N) is 2. The molecule has 1 saturated heterocycles. The van der Waals surface area contributed by atoms with Gasteiger partial charge in [0.1, 0.15) is 0 Å². The van der Waals surface area contributed by atoms with Gasteiger partial charge in [0.15, 0.2) is 0 Å². The topological polar surface area (TPSA) is 62.3 Å². The van der Waals surface area contributed by atoms with Crippen LogP contribution in [-0.4, -0.2) is 23.3 Å². The number of hydrogen-bond donors (Lipinski definition) is 1. The van der Waals surface area contributed by atoms with Crippen LogP contribution in [0.1, 0.15) is 33.1 Å². The van der Waals surface area contributed by atoms with E-state index < -0.39 is 0 Å². The molecule has 1 N–H and O–H groups in total. The third kappa shape index (κ3) is 3.74. The highest BCUT2D eigenvalue weighted by atomic mass is 32.1. The van der Waals surface area contributed by atoms with E-state index in [2.05, 4.69) is 10.3 Å². The molecule has 132 valence electrons. The van der Waals surface area contributed by atoms with E-state index >= 15 is 0 Å². The Bertz CT molecular complexity index is 828. The summed E-state index contributed by atoms with van der Waals surface area (Å²) in [5.41, 5.74) is 4.17. The lowest BCUT2D eigenvalue weighted by Gasteiger charge is -2.18. The van der Waals surface area contributed by atoms with Crippen LogP contribution in [0.4, 0.5) is 5.69 Å². The van der Waals surface area contributed by atoms with Crippen LogP contribution >= 0.6 is 11.3 Å². The van der Waals surface area contributed by atoms with Gasteiger partial charge in [0.05, 0.1) is 23.2 Å². The molecule has 1 fully saturated rings. The number of carbonyl (C=O) groups is 2. The Kier molecular flexibility index (Phi) is 4.90. The number of anilines is 1. The third-order valence-corrected chi connectivity index (χ3v) is 5.79. The first-order valence-corrected chi connectivity index (χ1v) is 9.25. The van der Waals surface area contributed by atoms with Crippen molar-refractivity contribution in [2.24, 2.45) is 5.92 Å². The normalized spacial score (nSPS) is 17.2. The number of benzene rings is 1. The summed E-state index contributed by atoms with van der Waals surface area (Å²) >= 11 is 1.60. The molecule has 1 aromatic heterocycles. The highest BCUT2D eigenvalue weighted by Crippen LogP contribution is 2.27. The molecule has 3 rings (SSSR count). The average molecular weight is 357 g/mol. The highest BCUT2D eigenvalue weighted by molar-refractivity contribution is 7.11. The van der Waals surface area contributed by atoms with Gasteiger partial charge in [0, 0.05) is 23.5 Å². The summed E-state index contributed by atoms with van der Waals surface area (Å²) < 4.78 is 0. The predicted molar refractivity (Wildman–Crippen MR) is 99.8 cm³/mol. The minimum atomic E-state index is -0.302. The maximum absolute atomic E-state index is 12.5. The van der Waals surface area contributed by atoms with Crippen molar-refractivity contribution in [1.82, 2.24) is 10.3 Å². The fourth-order valence-corrected chi connectivity index (χ4v) is 3.95. The number of rotatable bonds is 4. The monoisotopic (exact) mass is 357 g/mol. The van der Waals surface area contributed by atoms with E-state index in [1.54, 1.807) is 16.2 Å². The van der Waals surface area contributed by atoms with E-state index in [4.69, 9.17) is 0 Å². The van der Waals surface area contributed by atoms with Gasteiger partial charge in [-0.1, -0.05) is 6.07 Å². The van der Waals surface area contributed by atoms with E-state index in [1.165, 1.54) is 5.56 Å². The minimum Gasteiger partial charge on any atom is -0.351 e. The number of nitrogens with one attached hydrogen (secondary N) is 1. The molecule has 1 aromatic carbocycles. The Labute approximate surface area is 152 Å². The average Bonchev–Trinajstić information content (AvgIpc) is 3.10. The molecule has 6 heteroatoms. The van der Waals surface area contributed by atoms with Crippen molar-refractivity contribution < 1.29 is 9.59 Å². The largest absolute Gasteiger partial charge is 0.351 e. The van der Waals surface area contributed by atoms with Crippen LogP contribution < -0.4 is 10.2 Å². The summed E-state index contributed by atoms with van der Waals surface area (Å²) in [6.07, 6.45) is 0.263. The summed E-state index contributed by atoms with van der Waals surface area (Å²) in [7, 11) is 0. The van der Waals surface area contributed by atoms with Crippen molar-refractivity contribution >= 4 is 28.8 Å². The van der Waals surface area contributed by atoms with Gasteiger partial charge in [-0.05, 0) is 51.0 Å². The first-order chi connectivity index (χ1) is 11.8. The van der Waals surface area contributed by atoms with Crippen LogP contribution in [-0.2, 0) is 16.1 Å². The number of carbonyl (C=O) groups excluding carboxylic acids is 2. The van der Waals surface area contributed by atoms with Gasteiger partial charge in [0.2, 0.25) is 11.8 Å². The Morgan fingerprint density at radius 3 is 2.68 bits per heavy atom. The van der Waals surface area contributed by atoms with Crippen LogP contribution in [0.3, 0.4) is 0 Å². The number of aryl methyl sites for hydroxylation is 4. The number of hydrogen-bond acceptors (Lipinski definition) is 4. The molecule has 0 radical (unpaired) electrons. The molecule has 0 aliphatic carbocycles. The quantitative estimate of drug-likeness (QED) is 0.915. The van der Waals surface area contributed by atoms with Gasteiger partial charge in [-0.15, -0.1) is 11.3 Å². The van der Waals surface area contributed by atoms with E-state index in [9.17, 15) is 9.59 Å². The van der Waals surface area contributed by atoms with Crippen LogP contribution in [0, 0.1) is 33.6 Å². The van der Waals surface area contributed by atoms with Gasteiger partial charge in [0.25, 0.3) is 0 Å². The van der Waals surface area contributed by atoms with Crippen molar-refractivity contribution in [1.29, 1.82) is 0 Å². The molecule has 1 aliphatic rings. The summed E-state index contributed by atoms with van der Waals surface area (Å²) in [4.78, 5) is 32.0. The number of aromatic nitrogens is 1. The van der Waals surface area contributed by atoms with E-state index in [1.807, 2.05) is 45.9 Å². The van der Waals surface area contributed by atoms with Crippen molar-refractivity contribution in [2.75, 3.05) is 11.4 Å². The van der Waals surface area contributed by atoms with Gasteiger partial charge >= 0.3 is 0 Å². The number of amides is 2. The number of thiazole rings is 1. The molecule has 0 spiro atoms. The minimum absolute atomic E-state index is 0.00761. The predicted octanol–water partition coefficient (Wildman–Crippen LogP) is 3.05. The Morgan fingerprint density at radius 1 is 1.28 bits per heavy atom. The SMILES string of the molecule is Cc1nc(C)c(CNC(=O)[C@@H]2CC(=O)N(c3ccc(C)c(C)c3)C2)s1. The van der Waals surface area contributed by atoms with E-state index in [0.29, 0.717) is 13.1 Å². The standard InChI is InChI=1S/C19H23N3O2S/c1-11-5-6-16(7-12(11)2)22-10-15(8-18(22)23)19(24)20-9-17-13(3)21-14(4)25-17/h5-7,15H,8-10H2,1-4H3,(H,20,24)/t15-/m1/s1. The fourth-order valence-electron chi connectivity index (χ4n) is 3.08. The molecule has 5 nitrogen and oxygen atoms in total. The molecule has 0 unspecified atom stereocenters. The van der Waals surface area contributed by atoms with Crippen LogP contribution in [0.5, 0.6) is 0 Å². The lowest BCUT2D eigenvalue weighted by Crippen LogP contribution is -2.32. The molecule has 1 aliphatic heterocycles. The molecule has 2 amide bonds. The molecule has 0 bridgehead atoms. The van der Waals surface area contributed by atoms with Gasteiger partial charge in [-0.25, -0.2) is 4.98 Å². The zero-order chi connectivity index (χ0) is 18.1. The van der Waals surface area contributed by atoms with Crippen molar-refractivity contribution in [3.8, 4) is 0 Å². The summed E-state index contributed by atoms with van der Waals surface area (Å²) in [6, 6.07) is 5.97. The maximum atomic E-state index is 12.5. The Hall–Kier alpha value is -2.21. The van der Waals surface area contributed by atoms with Gasteiger partial charge < -0.3 is 10.2 Å². The molecule has 25 heavy (non-hydrogen) atoms. The highest BCUT2D eigenvalue weighted by Gasteiger charge is 2.35. The van der Waals surface area contributed by atoms with E-state index in [0.717, 1.165) is 26.8 Å². The lowest BCUT2D eigenvalue weighted by molar-refractivity contribution is -0.126. The van der Waals surface area contributed by atoms with Crippen LogP contribution in [0.2, 0.25) is 0 Å². The second-order valence-electron chi connectivity index (χ2n) is 6.63. The molecule has 2 heterocycles. The van der Waals surface area contributed by atoms with Crippen LogP contribution in [0.15, 0.2) is 18.2 Å².